The predicted molar refractivity (Wildman–Crippen MR) is 107 cm³/mol. The number of anilines is 2. The lowest BCUT2D eigenvalue weighted by Gasteiger charge is -2.28. The minimum absolute atomic E-state index is 0.0812. The molecule has 1 aliphatic rings. The topological polar surface area (TPSA) is 49.9 Å². The molecular weight excluding hydrogens is 340 g/mol. The minimum Gasteiger partial charge on any atom is -0.427 e. The second kappa shape index (κ2) is 8.25. The fraction of sp³-hybridized carbons (Fsp3) is 0.364. The molecule has 0 N–H and O–H groups in total. The van der Waals surface area contributed by atoms with E-state index in [0.717, 1.165) is 38.0 Å². The van der Waals surface area contributed by atoms with Crippen molar-refractivity contribution in [1.29, 1.82) is 0 Å². The Kier molecular flexibility index (Phi) is 5.79. The van der Waals surface area contributed by atoms with Crippen molar-refractivity contribution < 1.29 is 14.3 Å². The van der Waals surface area contributed by atoms with Crippen LogP contribution in [0.3, 0.4) is 0 Å². The zero-order chi connectivity index (χ0) is 19.4. The van der Waals surface area contributed by atoms with Crippen molar-refractivity contribution in [1.82, 2.24) is 4.90 Å². The summed E-state index contributed by atoms with van der Waals surface area (Å²) in [5, 5.41) is 0. The first-order valence-electron chi connectivity index (χ1n) is 9.34. The molecule has 0 saturated carbocycles. The van der Waals surface area contributed by atoms with Gasteiger partial charge in [-0.25, -0.2) is 0 Å². The maximum atomic E-state index is 11.5. The number of benzene rings is 2. The average molecular weight is 366 g/mol. The van der Waals surface area contributed by atoms with E-state index in [1.54, 1.807) is 11.8 Å². The molecule has 0 aliphatic carbocycles. The summed E-state index contributed by atoms with van der Waals surface area (Å²) >= 11 is 0. The zero-order valence-corrected chi connectivity index (χ0v) is 16.2. The Morgan fingerprint density at radius 2 is 1.74 bits per heavy atom. The number of fused-ring (bicyclic) bond motifs is 2. The van der Waals surface area contributed by atoms with E-state index in [9.17, 15) is 9.59 Å². The predicted octanol–water partition coefficient (Wildman–Crippen LogP) is 3.72. The molecule has 5 heteroatoms. The Labute approximate surface area is 160 Å². The van der Waals surface area contributed by atoms with Gasteiger partial charge in [0.2, 0.25) is 5.91 Å². The highest BCUT2D eigenvalue weighted by molar-refractivity contribution is 5.74. The molecule has 2 aromatic carbocycles. The van der Waals surface area contributed by atoms with Crippen LogP contribution in [0, 0.1) is 0 Å². The normalized spacial score (nSPS) is 12.6. The van der Waals surface area contributed by atoms with Gasteiger partial charge in [-0.3, -0.25) is 9.59 Å². The van der Waals surface area contributed by atoms with Crippen molar-refractivity contribution in [3.8, 4) is 5.75 Å². The maximum absolute atomic E-state index is 11.5. The van der Waals surface area contributed by atoms with Crippen LogP contribution in [0.15, 0.2) is 42.5 Å². The first kappa shape index (κ1) is 19.0. The lowest BCUT2D eigenvalue weighted by molar-refractivity contribution is -0.132. The fourth-order valence-electron chi connectivity index (χ4n) is 3.50. The number of ether oxygens (including phenoxy) is 1. The van der Waals surface area contributed by atoms with Crippen molar-refractivity contribution in [2.75, 3.05) is 25.0 Å². The third-order valence-corrected chi connectivity index (χ3v) is 4.96. The molecule has 2 aromatic rings. The summed E-state index contributed by atoms with van der Waals surface area (Å²) in [4.78, 5) is 26.8. The Morgan fingerprint density at radius 1 is 1.04 bits per heavy atom. The van der Waals surface area contributed by atoms with E-state index in [-0.39, 0.29) is 11.9 Å². The molecule has 1 amide bonds. The second-order valence-corrected chi connectivity index (χ2v) is 6.96. The number of aryl methyl sites for hydroxylation is 2. The van der Waals surface area contributed by atoms with Crippen molar-refractivity contribution in [2.45, 2.75) is 33.1 Å². The Balaban J connectivity index is 1.90. The zero-order valence-electron chi connectivity index (χ0n) is 16.2. The van der Waals surface area contributed by atoms with Crippen LogP contribution >= 0.6 is 0 Å². The summed E-state index contributed by atoms with van der Waals surface area (Å²) in [7, 11) is 1.83. The number of esters is 1. The van der Waals surface area contributed by atoms with Crippen LogP contribution in [0.2, 0.25) is 0 Å². The molecule has 142 valence electrons. The Bertz CT molecular complexity index is 847. The van der Waals surface area contributed by atoms with Crippen LogP contribution in [0.5, 0.6) is 5.75 Å². The van der Waals surface area contributed by atoms with E-state index in [0.29, 0.717) is 5.75 Å². The van der Waals surface area contributed by atoms with Crippen LogP contribution in [0.1, 0.15) is 31.4 Å². The van der Waals surface area contributed by atoms with Crippen LogP contribution in [0.25, 0.3) is 0 Å². The second-order valence-electron chi connectivity index (χ2n) is 6.96. The van der Waals surface area contributed by atoms with E-state index < -0.39 is 0 Å². The number of carbonyl (C=O) groups is 2. The molecule has 0 spiro atoms. The third kappa shape index (κ3) is 4.48. The van der Waals surface area contributed by atoms with Gasteiger partial charge in [-0.05, 0) is 54.7 Å². The Morgan fingerprint density at radius 3 is 2.48 bits per heavy atom. The summed E-state index contributed by atoms with van der Waals surface area (Å²) in [6, 6.07) is 14.3. The molecule has 0 fully saturated rings. The number of nitrogens with zero attached hydrogens (tertiary/aromatic N) is 2. The first-order chi connectivity index (χ1) is 13.0. The molecular formula is C22H26N2O3. The summed E-state index contributed by atoms with van der Waals surface area (Å²) in [5.41, 5.74) is 4.83. The molecule has 0 unspecified atom stereocenters. The molecule has 0 bridgehead atoms. The number of carbonyl (C=O) groups excluding carboxylic acids is 2. The van der Waals surface area contributed by atoms with Crippen molar-refractivity contribution in [3.63, 3.8) is 0 Å². The van der Waals surface area contributed by atoms with Crippen molar-refractivity contribution in [2.24, 2.45) is 0 Å². The quantitative estimate of drug-likeness (QED) is 0.598. The number of para-hydroxylation sites is 1. The number of rotatable bonds is 5. The van der Waals surface area contributed by atoms with E-state index in [2.05, 4.69) is 29.2 Å². The molecule has 1 aliphatic heterocycles. The van der Waals surface area contributed by atoms with Gasteiger partial charge >= 0.3 is 5.97 Å². The molecule has 0 saturated heterocycles. The molecule has 0 aromatic heterocycles. The van der Waals surface area contributed by atoms with Gasteiger partial charge in [-0.15, -0.1) is 0 Å². The van der Waals surface area contributed by atoms with Crippen LogP contribution in [-0.4, -0.2) is 36.9 Å². The number of amides is 1. The minimum atomic E-state index is -0.309. The lowest BCUT2D eigenvalue weighted by atomic mass is 10.0. The van der Waals surface area contributed by atoms with Crippen LogP contribution in [-0.2, 0) is 22.4 Å². The highest BCUT2D eigenvalue weighted by Gasteiger charge is 2.21. The van der Waals surface area contributed by atoms with Gasteiger partial charge in [0, 0.05) is 45.4 Å². The van der Waals surface area contributed by atoms with Gasteiger partial charge in [-0.1, -0.05) is 18.2 Å². The molecule has 27 heavy (non-hydrogen) atoms. The smallest absolute Gasteiger partial charge is 0.308 e. The highest BCUT2D eigenvalue weighted by Crippen LogP contribution is 2.37. The summed E-state index contributed by atoms with van der Waals surface area (Å²) < 4.78 is 5.27. The van der Waals surface area contributed by atoms with Gasteiger partial charge < -0.3 is 14.5 Å². The number of hydrogen-bond donors (Lipinski definition) is 0. The van der Waals surface area contributed by atoms with Gasteiger partial charge in [0.25, 0.3) is 0 Å². The lowest BCUT2D eigenvalue weighted by Crippen LogP contribution is -2.28. The van der Waals surface area contributed by atoms with Crippen molar-refractivity contribution >= 4 is 23.3 Å². The SMILES string of the molecule is CC(=O)Oc1ccc2c(c1)CCc1ccccc1N2CCCN(C)C(C)=O. The largest absolute Gasteiger partial charge is 0.427 e. The molecule has 0 atom stereocenters. The molecule has 0 radical (unpaired) electrons. The monoisotopic (exact) mass is 366 g/mol. The molecule has 1 heterocycles. The summed E-state index contributed by atoms with van der Waals surface area (Å²) in [5.74, 6) is 0.358. The Hall–Kier alpha value is -2.82. The van der Waals surface area contributed by atoms with E-state index in [4.69, 9.17) is 4.74 Å². The standard InChI is InChI=1S/C22H26N2O3/c1-16(25)23(3)13-6-14-24-21-8-5-4-7-18(21)9-10-19-15-20(27-17(2)26)11-12-22(19)24/h4-5,7-8,11-12,15H,6,9-10,13-14H2,1-3H3. The third-order valence-electron chi connectivity index (χ3n) is 4.96. The van der Waals surface area contributed by atoms with Gasteiger partial charge in [0.05, 0.1) is 0 Å². The van der Waals surface area contributed by atoms with Crippen LogP contribution in [0.4, 0.5) is 11.4 Å². The molecule has 3 rings (SSSR count). The van der Waals surface area contributed by atoms with Gasteiger partial charge in [-0.2, -0.15) is 0 Å². The van der Waals surface area contributed by atoms with E-state index in [1.807, 2.05) is 25.2 Å². The fourth-order valence-corrected chi connectivity index (χ4v) is 3.50. The average Bonchev–Trinajstić information content (AvgIpc) is 2.78. The summed E-state index contributed by atoms with van der Waals surface area (Å²) in [6.07, 6.45) is 2.71. The highest BCUT2D eigenvalue weighted by atomic mass is 16.5. The maximum Gasteiger partial charge on any atom is 0.308 e. The van der Waals surface area contributed by atoms with Crippen LogP contribution < -0.4 is 9.64 Å². The molecule has 5 nitrogen and oxygen atoms in total. The summed E-state index contributed by atoms with van der Waals surface area (Å²) in [6.45, 7) is 4.54. The van der Waals surface area contributed by atoms with Crippen molar-refractivity contribution in [3.05, 3.63) is 53.6 Å². The number of hydrogen-bond acceptors (Lipinski definition) is 4. The first-order valence-corrected chi connectivity index (χ1v) is 9.34. The van der Waals surface area contributed by atoms with Gasteiger partial charge in [0.1, 0.15) is 5.75 Å². The van der Waals surface area contributed by atoms with Gasteiger partial charge in [0.15, 0.2) is 0 Å². The van der Waals surface area contributed by atoms with E-state index >= 15 is 0 Å². The van der Waals surface area contributed by atoms with E-state index in [1.165, 1.54) is 23.7 Å².